The van der Waals surface area contributed by atoms with Crippen molar-refractivity contribution in [2.45, 2.75) is 33.2 Å². The van der Waals surface area contributed by atoms with E-state index in [0.717, 1.165) is 34.4 Å². The van der Waals surface area contributed by atoms with Crippen molar-refractivity contribution in [1.82, 2.24) is 20.4 Å². The summed E-state index contributed by atoms with van der Waals surface area (Å²) in [5.41, 5.74) is 4.49. The average molecular weight is 495 g/mol. The van der Waals surface area contributed by atoms with Gasteiger partial charge in [0.2, 0.25) is 5.82 Å². The van der Waals surface area contributed by atoms with Crippen molar-refractivity contribution in [2.24, 2.45) is 0 Å². The number of hydrogen-bond donors (Lipinski definition) is 2. The smallest absolute Gasteiger partial charge is 0.258 e. The maximum absolute atomic E-state index is 10.4. The zero-order chi connectivity index (χ0) is 24.9. The number of aromatic nitrogens is 2. The third kappa shape index (κ3) is 5.31. The zero-order valence-corrected chi connectivity index (χ0v) is 21.2. The van der Waals surface area contributed by atoms with E-state index in [0.29, 0.717) is 42.3 Å². The van der Waals surface area contributed by atoms with E-state index in [9.17, 15) is 5.11 Å². The summed E-state index contributed by atoms with van der Waals surface area (Å²) in [5.74, 6) is 1.34. The lowest BCUT2D eigenvalue weighted by Gasteiger charge is -2.37. The van der Waals surface area contributed by atoms with Gasteiger partial charge < -0.3 is 29.3 Å². The van der Waals surface area contributed by atoms with Crippen molar-refractivity contribution in [3.8, 4) is 22.9 Å². The Kier molecular flexibility index (Phi) is 7.67. The van der Waals surface area contributed by atoms with Crippen LogP contribution in [0.5, 0.6) is 11.5 Å². The zero-order valence-electron chi connectivity index (χ0n) is 20.4. The molecule has 0 spiro atoms. The van der Waals surface area contributed by atoms with E-state index in [2.05, 4.69) is 10.5 Å². The number of aryl methyl sites for hydroxylation is 1. The van der Waals surface area contributed by atoms with Gasteiger partial charge in [0.15, 0.2) is 16.6 Å². The van der Waals surface area contributed by atoms with Gasteiger partial charge in [-0.15, -0.1) is 0 Å². The van der Waals surface area contributed by atoms with E-state index in [-0.39, 0.29) is 5.75 Å². The number of allylic oxidation sites excluding steroid dienone is 1. The highest BCUT2D eigenvalue weighted by Crippen LogP contribution is 2.39. The molecular formula is C26H30N4O4S. The first-order valence-electron chi connectivity index (χ1n) is 11.6. The molecule has 1 atom stereocenters. The molecule has 1 aliphatic heterocycles. The molecule has 0 aliphatic carbocycles. The molecule has 35 heavy (non-hydrogen) atoms. The number of phenolic OH excluding ortho intramolecular Hbond substituents is 1. The molecule has 0 saturated carbocycles. The summed E-state index contributed by atoms with van der Waals surface area (Å²) >= 11 is 5.73. The number of nitrogens with zero attached hydrogens (tertiary/aromatic N) is 3. The van der Waals surface area contributed by atoms with Crippen molar-refractivity contribution in [2.75, 3.05) is 26.9 Å². The van der Waals surface area contributed by atoms with E-state index in [1.165, 1.54) is 7.11 Å². The topological polar surface area (TPSA) is 92.9 Å². The normalized spacial score (nSPS) is 15.9. The van der Waals surface area contributed by atoms with Crippen LogP contribution in [0.25, 0.3) is 17.0 Å². The Labute approximate surface area is 210 Å². The second-order valence-electron chi connectivity index (χ2n) is 8.31. The van der Waals surface area contributed by atoms with Crippen LogP contribution in [0.4, 0.5) is 0 Å². The van der Waals surface area contributed by atoms with Crippen LogP contribution in [0.15, 0.2) is 52.7 Å². The molecule has 4 rings (SSSR count). The van der Waals surface area contributed by atoms with E-state index in [1.807, 2.05) is 56.0 Å². The van der Waals surface area contributed by atoms with Crippen LogP contribution < -0.4 is 10.1 Å². The number of thiocarbonyl (C=S) groups is 1. The SMILES string of the molecule is CCOCCCN1C(=S)NC(c2ccc(OC)c(O)c2)C(c2nc(-c3cccc(C)c3)no2)=C1C. The fourth-order valence-corrected chi connectivity index (χ4v) is 4.51. The molecule has 0 amide bonds. The first-order valence-corrected chi connectivity index (χ1v) is 12.0. The van der Waals surface area contributed by atoms with Crippen LogP contribution in [-0.4, -0.2) is 52.1 Å². The largest absolute Gasteiger partial charge is 0.504 e. The van der Waals surface area contributed by atoms with Gasteiger partial charge in [0.25, 0.3) is 5.89 Å². The quantitative estimate of drug-likeness (QED) is 0.320. The van der Waals surface area contributed by atoms with Gasteiger partial charge in [0.05, 0.1) is 18.7 Å². The Bertz CT molecular complexity index is 1240. The predicted molar refractivity (Wildman–Crippen MR) is 138 cm³/mol. The number of ether oxygens (including phenoxy) is 2. The van der Waals surface area contributed by atoms with Gasteiger partial charge in [-0.2, -0.15) is 4.98 Å². The van der Waals surface area contributed by atoms with Crippen LogP contribution in [0, 0.1) is 6.92 Å². The number of methoxy groups -OCH3 is 1. The van der Waals surface area contributed by atoms with Gasteiger partial charge in [-0.05, 0) is 63.2 Å². The van der Waals surface area contributed by atoms with E-state index in [1.54, 1.807) is 12.1 Å². The second kappa shape index (κ2) is 10.9. The molecule has 2 N–H and O–H groups in total. The molecule has 0 bridgehead atoms. The molecule has 1 aliphatic rings. The number of nitrogens with one attached hydrogen (secondary N) is 1. The lowest BCUT2D eigenvalue weighted by Crippen LogP contribution is -2.46. The van der Waals surface area contributed by atoms with Crippen molar-refractivity contribution in [3.05, 3.63) is 65.2 Å². The molecule has 0 saturated heterocycles. The molecule has 0 radical (unpaired) electrons. The number of hydrogen-bond acceptors (Lipinski definition) is 7. The Hall–Kier alpha value is -3.43. The summed E-state index contributed by atoms with van der Waals surface area (Å²) in [5, 5.41) is 18.7. The number of phenols is 1. The molecule has 9 heteroatoms. The van der Waals surface area contributed by atoms with Crippen LogP contribution in [0.1, 0.15) is 43.3 Å². The maximum atomic E-state index is 10.4. The number of rotatable bonds is 9. The molecule has 2 aromatic carbocycles. The van der Waals surface area contributed by atoms with Gasteiger partial charge in [-0.1, -0.05) is 35.0 Å². The predicted octanol–water partition coefficient (Wildman–Crippen LogP) is 4.85. The summed E-state index contributed by atoms with van der Waals surface area (Å²) < 4.78 is 16.5. The highest BCUT2D eigenvalue weighted by molar-refractivity contribution is 7.80. The Morgan fingerprint density at radius 3 is 2.74 bits per heavy atom. The molecule has 3 aromatic rings. The van der Waals surface area contributed by atoms with Gasteiger partial charge in [-0.25, -0.2) is 0 Å². The third-order valence-corrected chi connectivity index (χ3v) is 6.28. The Morgan fingerprint density at radius 1 is 1.20 bits per heavy atom. The van der Waals surface area contributed by atoms with Gasteiger partial charge in [0.1, 0.15) is 0 Å². The second-order valence-corrected chi connectivity index (χ2v) is 8.69. The van der Waals surface area contributed by atoms with Crippen molar-refractivity contribution >= 4 is 22.9 Å². The lowest BCUT2D eigenvalue weighted by molar-refractivity contribution is 0.141. The summed E-state index contributed by atoms with van der Waals surface area (Å²) in [7, 11) is 1.52. The van der Waals surface area contributed by atoms with Crippen LogP contribution in [0.2, 0.25) is 0 Å². The minimum Gasteiger partial charge on any atom is -0.504 e. The van der Waals surface area contributed by atoms with E-state index < -0.39 is 6.04 Å². The minimum atomic E-state index is -0.395. The summed E-state index contributed by atoms with van der Waals surface area (Å²) in [4.78, 5) is 6.77. The monoisotopic (exact) mass is 494 g/mol. The first-order chi connectivity index (χ1) is 16.9. The fourth-order valence-electron chi connectivity index (χ4n) is 4.17. The van der Waals surface area contributed by atoms with E-state index in [4.69, 9.17) is 31.2 Å². The molecule has 184 valence electrons. The van der Waals surface area contributed by atoms with Gasteiger partial charge >= 0.3 is 0 Å². The fraction of sp³-hybridized carbons (Fsp3) is 0.346. The standard InChI is InChI=1S/C26H30N4O4S/c1-5-33-13-7-12-30-17(3)22(25-28-24(29-34-25)19-9-6-8-16(2)14-19)23(27-26(30)35)18-10-11-21(32-4)20(31)15-18/h6,8-11,14-15,23,31H,5,7,12-13H2,1-4H3,(H,27,35). The highest BCUT2D eigenvalue weighted by Gasteiger charge is 2.34. The number of aromatic hydroxyl groups is 1. The summed E-state index contributed by atoms with van der Waals surface area (Å²) in [6, 6.07) is 12.8. The summed E-state index contributed by atoms with van der Waals surface area (Å²) in [6.07, 6.45) is 0.812. The first kappa shape index (κ1) is 24.7. The van der Waals surface area contributed by atoms with Crippen LogP contribution in [-0.2, 0) is 4.74 Å². The summed E-state index contributed by atoms with van der Waals surface area (Å²) in [6.45, 7) is 8.00. The molecular weight excluding hydrogens is 464 g/mol. The Balaban J connectivity index is 1.76. The molecule has 2 heterocycles. The average Bonchev–Trinajstić information content (AvgIpc) is 3.33. The van der Waals surface area contributed by atoms with E-state index >= 15 is 0 Å². The third-order valence-electron chi connectivity index (χ3n) is 5.94. The lowest BCUT2D eigenvalue weighted by atomic mass is 9.94. The van der Waals surface area contributed by atoms with Gasteiger partial charge in [-0.3, -0.25) is 0 Å². The number of benzene rings is 2. The molecule has 8 nitrogen and oxygen atoms in total. The van der Waals surface area contributed by atoms with Crippen molar-refractivity contribution in [1.29, 1.82) is 0 Å². The van der Waals surface area contributed by atoms with Gasteiger partial charge in [0, 0.05) is 31.0 Å². The molecule has 1 aromatic heterocycles. The van der Waals surface area contributed by atoms with Crippen molar-refractivity contribution < 1.29 is 19.1 Å². The molecule has 1 unspecified atom stereocenters. The maximum Gasteiger partial charge on any atom is 0.258 e. The van der Waals surface area contributed by atoms with Crippen LogP contribution >= 0.6 is 12.2 Å². The van der Waals surface area contributed by atoms with Crippen LogP contribution in [0.3, 0.4) is 0 Å². The van der Waals surface area contributed by atoms with Crippen molar-refractivity contribution in [3.63, 3.8) is 0 Å². The molecule has 0 fully saturated rings. The Morgan fingerprint density at radius 2 is 2.03 bits per heavy atom. The minimum absolute atomic E-state index is 0.0415. The highest BCUT2D eigenvalue weighted by atomic mass is 32.1.